The van der Waals surface area contributed by atoms with E-state index in [-0.39, 0.29) is 6.10 Å². The predicted molar refractivity (Wildman–Crippen MR) is 118 cm³/mol. The predicted octanol–water partition coefficient (Wildman–Crippen LogP) is 5.95. The van der Waals surface area contributed by atoms with E-state index < -0.39 is 0 Å². The van der Waals surface area contributed by atoms with E-state index in [1.54, 1.807) is 5.57 Å². The average molecular weight is 388 g/mol. The van der Waals surface area contributed by atoms with Crippen LogP contribution >= 0.6 is 0 Å². The molecule has 0 amide bonds. The van der Waals surface area contributed by atoms with Crippen molar-refractivity contribution in [3.8, 4) is 0 Å². The minimum Gasteiger partial charge on any atom is -0.393 e. The number of hydrogen-bond donors (Lipinski definition) is 2. The molecule has 0 aromatic heterocycles. The van der Waals surface area contributed by atoms with Crippen molar-refractivity contribution in [1.29, 1.82) is 0 Å². The summed E-state index contributed by atoms with van der Waals surface area (Å²) in [5.74, 6) is 4.29. The fourth-order valence-corrected chi connectivity index (χ4v) is 8.25. The monoisotopic (exact) mass is 387 g/mol. The van der Waals surface area contributed by atoms with Gasteiger partial charge in [-0.1, -0.05) is 39.3 Å². The second-order valence-electron chi connectivity index (χ2n) is 11.8. The maximum absolute atomic E-state index is 10.2. The molecular formula is C26H45NO. The maximum atomic E-state index is 10.2. The van der Waals surface area contributed by atoms with E-state index in [4.69, 9.17) is 0 Å². The summed E-state index contributed by atoms with van der Waals surface area (Å²) in [6, 6.07) is 0.653. The van der Waals surface area contributed by atoms with E-state index in [2.05, 4.69) is 46.0 Å². The molecule has 0 aromatic rings. The average Bonchev–Trinajstić information content (AvgIpc) is 2.99. The van der Waals surface area contributed by atoms with E-state index >= 15 is 0 Å². The number of aliphatic hydroxyl groups is 1. The fourth-order valence-electron chi connectivity index (χ4n) is 8.25. The van der Waals surface area contributed by atoms with E-state index in [1.807, 2.05) is 0 Å². The number of hydrogen-bond acceptors (Lipinski definition) is 2. The van der Waals surface area contributed by atoms with Gasteiger partial charge in [0.05, 0.1) is 6.10 Å². The van der Waals surface area contributed by atoms with Gasteiger partial charge in [0.1, 0.15) is 0 Å². The summed E-state index contributed by atoms with van der Waals surface area (Å²) in [7, 11) is 0. The van der Waals surface area contributed by atoms with Gasteiger partial charge in [-0.05, 0) is 112 Å². The summed E-state index contributed by atoms with van der Waals surface area (Å²) in [6.45, 7) is 13.5. The third kappa shape index (κ3) is 3.41. The first-order valence-electron chi connectivity index (χ1n) is 12.4. The Morgan fingerprint density at radius 3 is 2.61 bits per heavy atom. The molecule has 2 heteroatoms. The summed E-state index contributed by atoms with van der Waals surface area (Å²) in [5, 5.41) is 14.1. The molecule has 4 aliphatic rings. The maximum Gasteiger partial charge on any atom is 0.0577 e. The smallest absolute Gasteiger partial charge is 0.0577 e. The van der Waals surface area contributed by atoms with Gasteiger partial charge < -0.3 is 10.4 Å². The number of nitrogens with one attached hydrogen (secondary N) is 1. The molecule has 8 atom stereocenters. The second kappa shape index (κ2) is 7.73. The molecule has 0 bridgehead atoms. The molecule has 3 saturated carbocycles. The lowest BCUT2D eigenvalue weighted by Gasteiger charge is -2.58. The van der Waals surface area contributed by atoms with Gasteiger partial charge in [0.2, 0.25) is 0 Å². The quantitative estimate of drug-likeness (QED) is 0.571. The lowest BCUT2D eigenvalue weighted by Crippen LogP contribution is -2.52. The van der Waals surface area contributed by atoms with Gasteiger partial charge in [-0.25, -0.2) is 0 Å². The van der Waals surface area contributed by atoms with Crippen LogP contribution in [-0.2, 0) is 0 Å². The van der Waals surface area contributed by atoms with Crippen molar-refractivity contribution in [3.63, 3.8) is 0 Å². The Morgan fingerprint density at radius 2 is 1.86 bits per heavy atom. The highest BCUT2D eigenvalue weighted by Crippen LogP contribution is 2.66. The van der Waals surface area contributed by atoms with Crippen molar-refractivity contribution in [2.45, 2.75) is 105 Å². The van der Waals surface area contributed by atoms with Crippen LogP contribution in [0, 0.1) is 40.4 Å². The third-order valence-corrected chi connectivity index (χ3v) is 9.94. The zero-order valence-corrected chi connectivity index (χ0v) is 19.1. The first-order valence-corrected chi connectivity index (χ1v) is 12.4. The van der Waals surface area contributed by atoms with Gasteiger partial charge >= 0.3 is 0 Å². The van der Waals surface area contributed by atoms with Gasteiger partial charge in [0, 0.05) is 6.04 Å². The summed E-state index contributed by atoms with van der Waals surface area (Å²) in [4.78, 5) is 0. The van der Waals surface area contributed by atoms with Crippen LogP contribution in [0.5, 0.6) is 0 Å². The largest absolute Gasteiger partial charge is 0.393 e. The molecule has 0 radical (unpaired) electrons. The number of allylic oxidation sites excluding steroid dienone is 1. The Bertz CT molecular complexity index is 597. The molecule has 0 unspecified atom stereocenters. The van der Waals surface area contributed by atoms with Crippen molar-refractivity contribution in [3.05, 3.63) is 11.6 Å². The van der Waals surface area contributed by atoms with Crippen LogP contribution in [0.1, 0.15) is 92.4 Å². The summed E-state index contributed by atoms with van der Waals surface area (Å²) >= 11 is 0. The highest BCUT2D eigenvalue weighted by atomic mass is 16.3. The zero-order valence-electron chi connectivity index (χ0n) is 19.1. The van der Waals surface area contributed by atoms with Crippen LogP contribution in [0.4, 0.5) is 0 Å². The third-order valence-electron chi connectivity index (χ3n) is 9.94. The molecule has 2 nitrogen and oxygen atoms in total. The Kier molecular flexibility index (Phi) is 5.77. The van der Waals surface area contributed by atoms with Crippen LogP contribution in [0.2, 0.25) is 0 Å². The Balaban J connectivity index is 1.49. The number of aliphatic hydroxyl groups excluding tert-OH is 1. The van der Waals surface area contributed by atoms with Crippen molar-refractivity contribution in [1.82, 2.24) is 5.32 Å². The molecule has 0 saturated heterocycles. The molecule has 3 fully saturated rings. The van der Waals surface area contributed by atoms with Crippen LogP contribution in [0.15, 0.2) is 11.6 Å². The van der Waals surface area contributed by atoms with E-state index in [0.29, 0.717) is 16.9 Å². The fraction of sp³-hybridized carbons (Fsp3) is 0.923. The van der Waals surface area contributed by atoms with Crippen molar-refractivity contribution < 1.29 is 5.11 Å². The van der Waals surface area contributed by atoms with Crippen LogP contribution < -0.4 is 5.32 Å². The SMILES string of the molecule is CC(C)CCN[C@@H](C)[C@H]1CC[C@H]2[C@@H]3CC=C4C[C@@H](O)CC[C@]4(C)[C@H]3CC[C@]12C. The van der Waals surface area contributed by atoms with E-state index in [0.717, 1.165) is 42.4 Å². The molecule has 160 valence electrons. The minimum absolute atomic E-state index is 0.0849. The standard InChI is InChI=1S/C26H45NO/c1-17(2)12-15-27-18(3)22-8-9-23-21-7-6-19-16-20(28)10-13-25(19,4)24(21)11-14-26(22,23)5/h6,17-18,20-24,27-28H,7-16H2,1-5H3/t18-,20-,21-,22+,23-,24-,25-,26+/m0/s1. The normalized spacial score (nSPS) is 46.5. The molecule has 0 heterocycles. The Hall–Kier alpha value is -0.340. The van der Waals surface area contributed by atoms with E-state index in [1.165, 1.54) is 51.5 Å². The number of rotatable bonds is 5. The van der Waals surface area contributed by atoms with Gasteiger partial charge in [-0.3, -0.25) is 0 Å². The van der Waals surface area contributed by atoms with Gasteiger partial charge in [0.15, 0.2) is 0 Å². The highest BCUT2D eigenvalue weighted by molar-refractivity contribution is 5.25. The number of fused-ring (bicyclic) bond motifs is 5. The summed E-state index contributed by atoms with van der Waals surface area (Å²) in [5.41, 5.74) is 2.51. The van der Waals surface area contributed by atoms with Crippen molar-refractivity contribution in [2.24, 2.45) is 40.4 Å². The molecule has 0 aromatic carbocycles. The molecule has 4 rings (SSSR count). The van der Waals surface area contributed by atoms with Crippen molar-refractivity contribution >= 4 is 0 Å². The lowest BCUT2D eigenvalue weighted by molar-refractivity contribution is -0.0535. The lowest BCUT2D eigenvalue weighted by atomic mass is 9.47. The molecule has 4 aliphatic carbocycles. The first-order chi connectivity index (χ1) is 13.3. The van der Waals surface area contributed by atoms with Gasteiger partial charge in [-0.15, -0.1) is 0 Å². The zero-order chi connectivity index (χ0) is 20.1. The van der Waals surface area contributed by atoms with E-state index in [9.17, 15) is 5.11 Å². The molecular weight excluding hydrogens is 342 g/mol. The molecule has 0 aliphatic heterocycles. The summed E-state index contributed by atoms with van der Waals surface area (Å²) < 4.78 is 0. The van der Waals surface area contributed by atoms with Crippen molar-refractivity contribution in [2.75, 3.05) is 6.54 Å². The highest BCUT2D eigenvalue weighted by Gasteiger charge is 2.59. The minimum atomic E-state index is -0.0849. The first kappa shape index (κ1) is 20.9. The van der Waals surface area contributed by atoms with Crippen LogP contribution in [-0.4, -0.2) is 23.8 Å². The second-order valence-corrected chi connectivity index (χ2v) is 11.8. The molecule has 28 heavy (non-hydrogen) atoms. The van der Waals surface area contributed by atoms with Gasteiger partial charge in [0.25, 0.3) is 0 Å². The van der Waals surface area contributed by atoms with Gasteiger partial charge in [-0.2, -0.15) is 0 Å². The molecule has 0 spiro atoms. The molecule has 2 N–H and O–H groups in total. The van der Waals surface area contributed by atoms with Crippen LogP contribution in [0.3, 0.4) is 0 Å². The summed E-state index contributed by atoms with van der Waals surface area (Å²) in [6.07, 6.45) is 13.9. The topological polar surface area (TPSA) is 32.3 Å². The van der Waals surface area contributed by atoms with Crippen LogP contribution in [0.25, 0.3) is 0 Å². The Morgan fingerprint density at radius 1 is 1.07 bits per heavy atom. The Labute approximate surface area is 173 Å².